The van der Waals surface area contributed by atoms with Gasteiger partial charge in [0, 0.05) is 6.42 Å². The molecule has 0 spiro atoms. The number of aliphatic imine (C=N–C) groups is 1. The Morgan fingerprint density at radius 2 is 1.88 bits per heavy atom. The number of halogens is 3. The number of amidine groups is 1. The first-order valence-electron chi connectivity index (χ1n) is 5.39. The van der Waals surface area contributed by atoms with E-state index < -0.39 is 18.1 Å². The molecule has 0 saturated carbocycles. The van der Waals surface area contributed by atoms with Crippen molar-refractivity contribution in [2.24, 2.45) is 16.6 Å². The molecule has 0 amide bonds. The number of rotatable bonds is 2. The Morgan fingerprint density at radius 3 is 2.47 bits per heavy atom. The second-order valence-electron chi connectivity index (χ2n) is 4.23. The lowest BCUT2D eigenvalue weighted by Gasteiger charge is -2.20. The predicted octanol–water partition coefficient (Wildman–Crippen LogP) is 2.54. The SMILES string of the molecule is NC1=N[C@H](Cc2ccccc2)[C@H](C(F)(F)F)C1. The fourth-order valence-electron chi connectivity index (χ4n) is 2.09. The molecule has 1 heterocycles. The maximum Gasteiger partial charge on any atom is 0.394 e. The molecule has 0 unspecified atom stereocenters. The van der Waals surface area contributed by atoms with E-state index in [1.165, 1.54) is 0 Å². The maximum atomic E-state index is 12.8. The van der Waals surface area contributed by atoms with Crippen molar-refractivity contribution in [3.63, 3.8) is 0 Å². The maximum absolute atomic E-state index is 12.8. The van der Waals surface area contributed by atoms with Crippen LogP contribution in [0.4, 0.5) is 13.2 Å². The van der Waals surface area contributed by atoms with E-state index in [1.807, 2.05) is 6.07 Å². The van der Waals surface area contributed by atoms with Gasteiger partial charge in [-0.05, 0) is 12.0 Å². The van der Waals surface area contributed by atoms with E-state index in [-0.39, 0.29) is 18.7 Å². The van der Waals surface area contributed by atoms with Gasteiger partial charge in [0.15, 0.2) is 0 Å². The van der Waals surface area contributed by atoms with Crippen molar-refractivity contribution in [3.8, 4) is 0 Å². The second-order valence-corrected chi connectivity index (χ2v) is 4.23. The Morgan fingerprint density at radius 1 is 1.24 bits per heavy atom. The third-order valence-corrected chi connectivity index (χ3v) is 2.93. The lowest BCUT2D eigenvalue weighted by atomic mass is 9.93. The summed E-state index contributed by atoms with van der Waals surface area (Å²) in [7, 11) is 0. The van der Waals surface area contributed by atoms with Gasteiger partial charge in [0.1, 0.15) is 0 Å². The molecule has 1 aromatic rings. The number of alkyl halides is 3. The number of hydrogen-bond acceptors (Lipinski definition) is 2. The van der Waals surface area contributed by atoms with Crippen LogP contribution in [0.5, 0.6) is 0 Å². The topological polar surface area (TPSA) is 38.4 Å². The first-order chi connectivity index (χ1) is 7.97. The van der Waals surface area contributed by atoms with Crippen LogP contribution in [0, 0.1) is 5.92 Å². The highest BCUT2D eigenvalue weighted by Gasteiger charge is 2.47. The highest BCUT2D eigenvalue weighted by Crippen LogP contribution is 2.37. The molecule has 1 aliphatic heterocycles. The van der Waals surface area contributed by atoms with Crippen molar-refractivity contribution < 1.29 is 13.2 Å². The van der Waals surface area contributed by atoms with Gasteiger partial charge in [-0.2, -0.15) is 13.2 Å². The zero-order valence-electron chi connectivity index (χ0n) is 9.11. The van der Waals surface area contributed by atoms with Gasteiger partial charge in [0.25, 0.3) is 0 Å². The molecule has 1 aliphatic rings. The van der Waals surface area contributed by atoms with Crippen molar-refractivity contribution in [2.75, 3.05) is 0 Å². The van der Waals surface area contributed by atoms with E-state index in [0.29, 0.717) is 0 Å². The quantitative estimate of drug-likeness (QED) is 0.850. The molecule has 0 fully saturated rings. The van der Waals surface area contributed by atoms with Gasteiger partial charge in [-0.1, -0.05) is 30.3 Å². The summed E-state index contributed by atoms with van der Waals surface area (Å²) in [4.78, 5) is 3.91. The average Bonchev–Trinajstić information content (AvgIpc) is 2.60. The average molecular weight is 242 g/mol. The molecular formula is C12H13F3N2. The molecule has 5 heteroatoms. The Labute approximate surface area is 97.3 Å². The van der Waals surface area contributed by atoms with Gasteiger partial charge in [-0.25, -0.2) is 0 Å². The summed E-state index contributed by atoms with van der Waals surface area (Å²) < 4.78 is 38.3. The number of hydrogen-bond donors (Lipinski definition) is 1. The minimum atomic E-state index is -4.23. The third kappa shape index (κ3) is 2.78. The minimum absolute atomic E-state index is 0.105. The molecule has 1 aromatic carbocycles. The fraction of sp³-hybridized carbons (Fsp3) is 0.417. The van der Waals surface area contributed by atoms with Crippen molar-refractivity contribution in [2.45, 2.75) is 25.1 Å². The van der Waals surface area contributed by atoms with Crippen molar-refractivity contribution in [1.82, 2.24) is 0 Å². The van der Waals surface area contributed by atoms with Crippen LogP contribution >= 0.6 is 0 Å². The molecule has 0 radical (unpaired) electrons. The van der Waals surface area contributed by atoms with Gasteiger partial charge < -0.3 is 5.73 Å². The van der Waals surface area contributed by atoms with Crippen LogP contribution in [0.1, 0.15) is 12.0 Å². The van der Waals surface area contributed by atoms with Crippen LogP contribution in [0.15, 0.2) is 35.3 Å². The lowest BCUT2D eigenvalue weighted by molar-refractivity contribution is -0.175. The van der Waals surface area contributed by atoms with Crippen molar-refractivity contribution >= 4 is 5.84 Å². The molecule has 2 nitrogen and oxygen atoms in total. The molecule has 0 saturated heterocycles. The van der Waals surface area contributed by atoms with Crippen LogP contribution in [0.25, 0.3) is 0 Å². The second kappa shape index (κ2) is 4.39. The van der Waals surface area contributed by atoms with Gasteiger partial charge in [-0.15, -0.1) is 0 Å². The summed E-state index contributed by atoms with van der Waals surface area (Å²) in [5.74, 6) is -1.34. The van der Waals surface area contributed by atoms with Crippen LogP contribution < -0.4 is 5.73 Å². The van der Waals surface area contributed by atoms with E-state index in [4.69, 9.17) is 5.73 Å². The summed E-state index contributed by atoms with van der Waals surface area (Å²) in [5, 5.41) is 0. The number of nitrogens with two attached hydrogens (primary N) is 1. The first-order valence-corrected chi connectivity index (χ1v) is 5.39. The monoisotopic (exact) mass is 242 g/mol. The zero-order chi connectivity index (χ0) is 12.5. The van der Waals surface area contributed by atoms with E-state index in [2.05, 4.69) is 4.99 Å². The molecule has 2 rings (SSSR count). The van der Waals surface area contributed by atoms with E-state index in [0.717, 1.165) is 5.56 Å². The smallest absolute Gasteiger partial charge is 0.387 e. The van der Waals surface area contributed by atoms with Crippen molar-refractivity contribution in [1.29, 1.82) is 0 Å². The minimum Gasteiger partial charge on any atom is -0.387 e. The van der Waals surface area contributed by atoms with Gasteiger partial charge in [0.2, 0.25) is 0 Å². The summed E-state index contributed by atoms with van der Waals surface area (Å²) in [6.45, 7) is 0. The normalized spacial score (nSPS) is 24.8. The Kier molecular flexibility index (Phi) is 3.09. The Bertz CT molecular complexity index is 412. The molecule has 2 N–H and O–H groups in total. The molecule has 0 aliphatic carbocycles. The van der Waals surface area contributed by atoms with E-state index in [1.54, 1.807) is 24.3 Å². The predicted molar refractivity (Wildman–Crippen MR) is 59.7 cm³/mol. The first kappa shape index (κ1) is 12.0. The van der Waals surface area contributed by atoms with Crippen LogP contribution in [-0.2, 0) is 6.42 Å². The van der Waals surface area contributed by atoms with Gasteiger partial charge >= 0.3 is 6.18 Å². The summed E-state index contributed by atoms with van der Waals surface area (Å²) in [6, 6.07) is 8.27. The standard InChI is InChI=1S/C12H13F3N2/c13-12(14,15)9-7-11(16)17-10(9)6-8-4-2-1-3-5-8/h1-5,9-10H,6-7H2,(H2,16,17)/t9-,10-/m1/s1. The molecule has 0 bridgehead atoms. The summed E-state index contributed by atoms with van der Waals surface area (Å²) >= 11 is 0. The molecular weight excluding hydrogens is 229 g/mol. The van der Waals surface area contributed by atoms with Crippen LogP contribution in [0.2, 0.25) is 0 Å². The summed E-state index contributed by atoms with van der Waals surface area (Å²) in [6.07, 6.45) is -4.13. The molecule has 2 atom stereocenters. The van der Waals surface area contributed by atoms with Crippen LogP contribution in [0.3, 0.4) is 0 Å². The fourth-order valence-corrected chi connectivity index (χ4v) is 2.09. The molecule has 17 heavy (non-hydrogen) atoms. The van der Waals surface area contributed by atoms with E-state index in [9.17, 15) is 13.2 Å². The van der Waals surface area contributed by atoms with E-state index >= 15 is 0 Å². The van der Waals surface area contributed by atoms with Crippen LogP contribution in [-0.4, -0.2) is 18.1 Å². The number of benzene rings is 1. The Hall–Kier alpha value is -1.52. The Balaban J connectivity index is 2.14. The lowest BCUT2D eigenvalue weighted by Crippen LogP contribution is -2.32. The largest absolute Gasteiger partial charge is 0.394 e. The zero-order valence-corrected chi connectivity index (χ0v) is 9.11. The number of nitrogens with zero attached hydrogens (tertiary/aromatic N) is 1. The highest BCUT2D eigenvalue weighted by molar-refractivity contribution is 5.82. The molecule has 0 aromatic heterocycles. The van der Waals surface area contributed by atoms with Gasteiger partial charge in [0.05, 0.1) is 17.8 Å². The highest BCUT2D eigenvalue weighted by atomic mass is 19.4. The van der Waals surface area contributed by atoms with Crippen molar-refractivity contribution in [3.05, 3.63) is 35.9 Å². The van der Waals surface area contributed by atoms with Gasteiger partial charge in [-0.3, -0.25) is 4.99 Å². The summed E-state index contributed by atoms with van der Waals surface area (Å²) in [5.41, 5.74) is 6.27. The third-order valence-electron chi connectivity index (χ3n) is 2.93. The molecule has 92 valence electrons.